The molecule has 0 fully saturated rings. The number of rotatable bonds is 6. The summed E-state index contributed by atoms with van der Waals surface area (Å²) >= 11 is 12.0. The van der Waals surface area contributed by atoms with Crippen LogP contribution in [0.25, 0.3) is 0 Å². The maximum Gasteiger partial charge on any atom is 0.325 e. The number of nitrogen functional groups attached to an aromatic ring is 1. The summed E-state index contributed by atoms with van der Waals surface area (Å²) in [6, 6.07) is 2.92. The van der Waals surface area contributed by atoms with Crippen LogP contribution in [0.2, 0.25) is 10.0 Å². The molecule has 0 aliphatic rings. The van der Waals surface area contributed by atoms with Gasteiger partial charge in [-0.3, -0.25) is 9.59 Å². The number of hydrogen-bond acceptors (Lipinski definition) is 4. The van der Waals surface area contributed by atoms with Gasteiger partial charge in [-0.1, -0.05) is 30.1 Å². The number of carbonyl (C=O) groups excluding carboxylic acids is 2. The second kappa shape index (κ2) is 8.10. The quantitative estimate of drug-likeness (QED) is 0.642. The highest BCUT2D eigenvalue weighted by atomic mass is 35.5. The molecule has 116 valence electrons. The molecule has 0 unspecified atom stereocenters. The third kappa shape index (κ3) is 4.79. The molecule has 0 heterocycles. The van der Waals surface area contributed by atoms with Crippen molar-refractivity contribution in [1.29, 1.82) is 0 Å². The highest BCUT2D eigenvalue weighted by molar-refractivity contribution is 6.44. The van der Waals surface area contributed by atoms with E-state index in [-0.39, 0.29) is 28.8 Å². The van der Waals surface area contributed by atoms with Gasteiger partial charge in [-0.15, -0.1) is 0 Å². The van der Waals surface area contributed by atoms with E-state index in [1.54, 1.807) is 6.92 Å². The van der Waals surface area contributed by atoms with Crippen molar-refractivity contribution < 1.29 is 14.3 Å². The first-order valence-electron chi connectivity index (χ1n) is 6.60. The molecule has 0 saturated carbocycles. The summed E-state index contributed by atoms with van der Waals surface area (Å²) in [5.74, 6) is -0.866. The summed E-state index contributed by atoms with van der Waals surface area (Å²) in [5.41, 5.74) is 6.20. The number of benzene rings is 1. The average Bonchev–Trinajstić information content (AvgIpc) is 2.42. The minimum atomic E-state index is -0.467. The van der Waals surface area contributed by atoms with E-state index in [1.165, 1.54) is 17.0 Å². The standard InChI is InChI=1S/C14H18Cl2N2O3/c1-3-5-18(8-12(19)21-4-2)14(20)10-6-9(17)7-11(15)13(10)16/h6-7H,3-5,8,17H2,1-2H3. The van der Waals surface area contributed by atoms with Crippen molar-refractivity contribution in [3.63, 3.8) is 0 Å². The number of nitrogens with zero attached hydrogens (tertiary/aromatic N) is 1. The topological polar surface area (TPSA) is 72.6 Å². The largest absolute Gasteiger partial charge is 0.465 e. The molecule has 0 atom stereocenters. The van der Waals surface area contributed by atoms with Gasteiger partial charge >= 0.3 is 5.97 Å². The minimum absolute atomic E-state index is 0.126. The van der Waals surface area contributed by atoms with Crippen LogP contribution in [0.5, 0.6) is 0 Å². The van der Waals surface area contributed by atoms with Crippen molar-refractivity contribution in [1.82, 2.24) is 4.90 Å². The first-order chi connectivity index (χ1) is 9.90. The fourth-order valence-electron chi connectivity index (χ4n) is 1.82. The summed E-state index contributed by atoms with van der Waals surface area (Å²) in [6.45, 7) is 4.14. The summed E-state index contributed by atoms with van der Waals surface area (Å²) in [5, 5.41) is 0.327. The lowest BCUT2D eigenvalue weighted by atomic mass is 10.1. The number of ether oxygens (including phenoxy) is 1. The maximum atomic E-state index is 12.5. The molecule has 2 N–H and O–H groups in total. The Balaban J connectivity index is 3.03. The molecule has 0 bridgehead atoms. The van der Waals surface area contributed by atoms with Crippen LogP contribution < -0.4 is 5.73 Å². The third-order valence-electron chi connectivity index (χ3n) is 2.69. The van der Waals surface area contributed by atoms with Crippen molar-refractivity contribution in [2.75, 3.05) is 25.4 Å². The molecule has 1 rings (SSSR count). The highest BCUT2D eigenvalue weighted by Gasteiger charge is 2.22. The second-order valence-electron chi connectivity index (χ2n) is 4.40. The Labute approximate surface area is 133 Å². The average molecular weight is 333 g/mol. The van der Waals surface area contributed by atoms with E-state index >= 15 is 0 Å². The molecule has 5 nitrogen and oxygen atoms in total. The van der Waals surface area contributed by atoms with Crippen molar-refractivity contribution in [3.8, 4) is 0 Å². The summed E-state index contributed by atoms with van der Waals surface area (Å²) in [6.07, 6.45) is 0.693. The number of halogens is 2. The first kappa shape index (κ1) is 17.6. The predicted molar refractivity (Wildman–Crippen MR) is 83.7 cm³/mol. The lowest BCUT2D eigenvalue weighted by molar-refractivity contribution is -0.143. The Morgan fingerprint density at radius 2 is 1.95 bits per heavy atom. The number of nitrogens with two attached hydrogens (primary N) is 1. The van der Waals surface area contributed by atoms with E-state index in [0.29, 0.717) is 18.7 Å². The Morgan fingerprint density at radius 1 is 1.29 bits per heavy atom. The van der Waals surface area contributed by atoms with Crippen molar-refractivity contribution in [3.05, 3.63) is 27.7 Å². The van der Waals surface area contributed by atoms with E-state index in [0.717, 1.165) is 0 Å². The van der Waals surface area contributed by atoms with Gasteiger partial charge in [0.2, 0.25) is 0 Å². The Kier molecular flexibility index (Phi) is 6.78. The molecule has 7 heteroatoms. The normalized spacial score (nSPS) is 10.3. The number of anilines is 1. The van der Waals surface area contributed by atoms with Crippen LogP contribution in [0.4, 0.5) is 5.69 Å². The van der Waals surface area contributed by atoms with E-state index in [2.05, 4.69) is 0 Å². The predicted octanol–water partition coefficient (Wildman–Crippen LogP) is 2.99. The van der Waals surface area contributed by atoms with E-state index < -0.39 is 11.9 Å². The van der Waals surface area contributed by atoms with Gasteiger partial charge in [0.1, 0.15) is 6.54 Å². The molecule has 1 amide bonds. The van der Waals surface area contributed by atoms with E-state index in [9.17, 15) is 9.59 Å². The molecular weight excluding hydrogens is 315 g/mol. The van der Waals surface area contributed by atoms with Crippen LogP contribution in [0.3, 0.4) is 0 Å². The minimum Gasteiger partial charge on any atom is -0.465 e. The fraction of sp³-hybridized carbons (Fsp3) is 0.429. The second-order valence-corrected chi connectivity index (χ2v) is 5.18. The lowest BCUT2D eigenvalue weighted by Crippen LogP contribution is -2.37. The van der Waals surface area contributed by atoms with Crippen LogP contribution in [0.15, 0.2) is 12.1 Å². The van der Waals surface area contributed by atoms with Gasteiger partial charge in [0.25, 0.3) is 5.91 Å². The van der Waals surface area contributed by atoms with Crippen molar-refractivity contribution >= 4 is 40.8 Å². The molecule has 0 aliphatic carbocycles. The van der Waals surface area contributed by atoms with Gasteiger partial charge in [-0.05, 0) is 25.5 Å². The zero-order chi connectivity index (χ0) is 16.0. The Hall–Kier alpha value is -1.46. The van der Waals surface area contributed by atoms with Gasteiger partial charge in [-0.2, -0.15) is 0 Å². The van der Waals surface area contributed by atoms with Gasteiger partial charge in [0.05, 0.1) is 22.2 Å². The number of esters is 1. The summed E-state index contributed by atoms with van der Waals surface area (Å²) < 4.78 is 4.87. The molecule has 0 saturated heterocycles. The summed E-state index contributed by atoms with van der Waals surface area (Å²) in [4.78, 5) is 25.5. The molecule has 0 spiro atoms. The van der Waals surface area contributed by atoms with E-state index in [1.807, 2.05) is 6.92 Å². The van der Waals surface area contributed by atoms with Gasteiger partial charge in [-0.25, -0.2) is 0 Å². The van der Waals surface area contributed by atoms with Crippen LogP contribution in [-0.2, 0) is 9.53 Å². The first-order valence-corrected chi connectivity index (χ1v) is 7.35. The van der Waals surface area contributed by atoms with Crippen molar-refractivity contribution in [2.45, 2.75) is 20.3 Å². The van der Waals surface area contributed by atoms with Gasteiger partial charge in [0.15, 0.2) is 0 Å². The molecule has 21 heavy (non-hydrogen) atoms. The molecule has 1 aromatic carbocycles. The zero-order valence-electron chi connectivity index (χ0n) is 12.0. The summed E-state index contributed by atoms with van der Waals surface area (Å²) in [7, 11) is 0. The molecule has 0 radical (unpaired) electrons. The molecule has 0 aliphatic heterocycles. The smallest absolute Gasteiger partial charge is 0.325 e. The lowest BCUT2D eigenvalue weighted by Gasteiger charge is -2.22. The van der Waals surface area contributed by atoms with Gasteiger partial charge < -0.3 is 15.4 Å². The molecule has 1 aromatic rings. The van der Waals surface area contributed by atoms with Crippen LogP contribution in [0.1, 0.15) is 30.6 Å². The maximum absolute atomic E-state index is 12.5. The van der Waals surface area contributed by atoms with E-state index in [4.69, 9.17) is 33.7 Å². The number of carbonyl (C=O) groups is 2. The van der Waals surface area contributed by atoms with Crippen molar-refractivity contribution in [2.24, 2.45) is 0 Å². The Morgan fingerprint density at radius 3 is 2.52 bits per heavy atom. The van der Waals surface area contributed by atoms with Gasteiger partial charge in [0, 0.05) is 12.2 Å². The van der Waals surface area contributed by atoms with Crippen LogP contribution in [-0.4, -0.2) is 36.5 Å². The fourth-order valence-corrected chi connectivity index (χ4v) is 2.24. The molecular formula is C14H18Cl2N2O3. The number of hydrogen-bond donors (Lipinski definition) is 1. The van der Waals surface area contributed by atoms with Crippen LogP contribution >= 0.6 is 23.2 Å². The SMILES string of the molecule is CCCN(CC(=O)OCC)C(=O)c1cc(N)cc(Cl)c1Cl. The van der Waals surface area contributed by atoms with Crippen LogP contribution in [0, 0.1) is 0 Å². The zero-order valence-corrected chi connectivity index (χ0v) is 13.5. The third-order valence-corrected chi connectivity index (χ3v) is 3.49. The molecule has 0 aromatic heterocycles. The number of amides is 1. The monoisotopic (exact) mass is 332 g/mol. The Bertz CT molecular complexity index is 535. The highest BCUT2D eigenvalue weighted by Crippen LogP contribution is 2.29.